The van der Waals surface area contributed by atoms with E-state index in [1.54, 1.807) is 11.9 Å². The fourth-order valence-corrected chi connectivity index (χ4v) is 4.60. The van der Waals surface area contributed by atoms with Crippen LogP contribution in [0.1, 0.15) is 25.5 Å². The van der Waals surface area contributed by atoms with Gasteiger partial charge in [0.2, 0.25) is 0 Å². The first-order valence-electron chi connectivity index (χ1n) is 9.62. The summed E-state index contributed by atoms with van der Waals surface area (Å²) in [4.78, 5) is 30.3. The Kier molecular flexibility index (Phi) is 4.93. The number of imide groups is 1. The molecule has 1 aromatic carbocycles. The topological polar surface area (TPSA) is 57.0 Å². The second-order valence-corrected chi connectivity index (χ2v) is 7.85. The molecule has 1 spiro atoms. The van der Waals surface area contributed by atoms with Crippen LogP contribution in [0.5, 0.6) is 0 Å². The normalized spacial score (nSPS) is 19.8. The number of hydrogen-bond donors (Lipinski definition) is 0. The van der Waals surface area contributed by atoms with E-state index in [-0.39, 0.29) is 11.9 Å². The third-order valence-electron chi connectivity index (χ3n) is 5.92. The van der Waals surface area contributed by atoms with Gasteiger partial charge in [-0.15, -0.1) is 0 Å². The minimum absolute atomic E-state index is 0.0713. The number of urea groups is 1. The van der Waals surface area contributed by atoms with E-state index in [0.29, 0.717) is 31.0 Å². The van der Waals surface area contributed by atoms with Gasteiger partial charge in [0.1, 0.15) is 17.1 Å². The first-order chi connectivity index (χ1) is 13.5. The Balaban J connectivity index is 1.44. The fourth-order valence-electron chi connectivity index (χ4n) is 4.37. The molecule has 2 saturated heterocycles. The average Bonchev–Trinajstić information content (AvgIpc) is 3.22. The van der Waals surface area contributed by atoms with E-state index in [1.807, 2.05) is 43.3 Å². The van der Waals surface area contributed by atoms with E-state index in [4.69, 9.17) is 16.0 Å². The Bertz CT molecular complexity index is 902. The van der Waals surface area contributed by atoms with Crippen molar-refractivity contribution in [1.29, 1.82) is 0 Å². The largest absolute Gasteiger partial charge is 0.460 e. The van der Waals surface area contributed by atoms with Crippen molar-refractivity contribution >= 4 is 23.5 Å². The third kappa shape index (κ3) is 3.01. The van der Waals surface area contributed by atoms with Crippen LogP contribution in [0.4, 0.5) is 4.79 Å². The number of hydrogen-bond acceptors (Lipinski definition) is 4. The van der Waals surface area contributed by atoms with Crippen molar-refractivity contribution in [2.24, 2.45) is 0 Å². The van der Waals surface area contributed by atoms with Crippen LogP contribution >= 0.6 is 11.6 Å². The summed E-state index contributed by atoms with van der Waals surface area (Å²) >= 11 is 6.26. The summed E-state index contributed by atoms with van der Waals surface area (Å²) in [6.07, 6.45) is 1.29. The highest BCUT2D eigenvalue weighted by molar-refractivity contribution is 6.33. The maximum Gasteiger partial charge on any atom is 0.327 e. The monoisotopic (exact) mass is 401 g/mol. The molecule has 0 aliphatic carbocycles. The standard InChI is InChI=1S/C21H24ClN3O3/c1-3-25-20(27)23(2)19(26)21(25)10-12-24(13-11-21)14-15-8-9-18(28-15)16-6-4-5-7-17(16)22/h4-9H,3,10-14H2,1-2H3. The van der Waals surface area contributed by atoms with Gasteiger partial charge < -0.3 is 9.32 Å². The summed E-state index contributed by atoms with van der Waals surface area (Å²) in [7, 11) is 1.58. The van der Waals surface area contributed by atoms with E-state index in [9.17, 15) is 9.59 Å². The van der Waals surface area contributed by atoms with Crippen molar-refractivity contribution in [3.63, 3.8) is 0 Å². The minimum atomic E-state index is -0.678. The lowest BCUT2D eigenvalue weighted by Gasteiger charge is -2.41. The van der Waals surface area contributed by atoms with Gasteiger partial charge in [-0.3, -0.25) is 14.6 Å². The van der Waals surface area contributed by atoms with Crippen molar-refractivity contribution in [2.45, 2.75) is 31.8 Å². The lowest BCUT2D eigenvalue weighted by molar-refractivity contribution is -0.134. The van der Waals surface area contributed by atoms with Crippen LogP contribution in [0.3, 0.4) is 0 Å². The number of benzene rings is 1. The number of piperidine rings is 1. The molecular formula is C21H24ClN3O3. The molecule has 0 saturated carbocycles. The molecule has 28 heavy (non-hydrogen) atoms. The van der Waals surface area contributed by atoms with Crippen molar-refractivity contribution in [3.05, 3.63) is 47.2 Å². The highest BCUT2D eigenvalue weighted by Crippen LogP contribution is 2.37. The van der Waals surface area contributed by atoms with Crippen molar-refractivity contribution < 1.29 is 14.0 Å². The molecule has 3 heterocycles. The summed E-state index contributed by atoms with van der Waals surface area (Å²) < 4.78 is 6.00. The molecule has 3 amide bonds. The molecule has 2 aliphatic rings. The van der Waals surface area contributed by atoms with Gasteiger partial charge in [0.15, 0.2) is 0 Å². The van der Waals surface area contributed by atoms with Crippen LogP contribution in [0.2, 0.25) is 5.02 Å². The second kappa shape index (κ2) is 7.26. The van der Waals surface area contributed by atoms with Crippen molar-refractivity contribution in [1.82, 2.24) is 14.7 Å². The molecule has 0 N–H and O–H groups in total. The average molecular weight is 402 g/mol. The Morgan fingerprint density at radius 3 is 2.50 bits per heavy atom. The summed E-state index contributed by atoms with van der Waals surface area (Å²) in [5.41, 5.74) is 0.202. The molecule has 2 aliphatic heterocycles. The number of carbonyl (C=O) groups is 2. The molecular weight excluding hydrogens is 378 g/mol. The van der Waals surface area contributed by atoms with Gasteiger partial charge in [0, 0.05) is 32.2 Å². The lowest BCUT2D eigenvalue weighted by atomic mass is 9.86. The van der Waals surface area contributed by atoms with Crippen LogP contribution in [-0.4, -0.2) is 58.9 Å². The Hall–Kier alpha value is -2.31. The Morgan fingerprint density at radius 1 is 1.11 bits per heavy atom. The molecule has 7 heteroatoms. The van der Waals surface area contributed by atoms with Crippen LogP contribution in [-0.2, 0) is 11.3 Å². The molecule has 2 fully saturated rings. The molecule has 0 unspecified atom stereocenters. The van der Waals surface area contributed by atoms with Gasteiger partial charge in [-0.05, 0) is 44.0 Å². The smallest absolute Gasteiger partial charge is 0.327 e. The Morgan fingerprint density at radius 2 is 1.82 bits per heavy atom. The number of carbonyl (C=O) groups excluding carboxylic acids is 2. The number of halogens is 1. The molecule has 2 aromatic rings. The van der Waals surface area contributed by atoms with Crippen LogP contribution in [0.25, 0.3) is 11.3 Å². The number of likely N-dealkylation sites (N-methyl/N-ethyl adjacent to an activating group) is 2. The van der Waals surface area contributed by atoms with Gasteiger partial charge in [-0.2, -0.15) is 0 Å². The third-order valence-corrected chi connectivity index (χ3v) is 6.25. The maximum atomic E-state index is 12.7. The summed E-state index contributed by atoms with van der Waals surface area (Å²) in [5.74, 6) is 1.55. The molecule has 0 bridgehead atoms. The SMILES string of the molecule is CCN1C(=O)N(C)C(=O)C12CCN(Cc1ccc(-c3ccccc3Cl)o1)CC2. The predicted octanol–water partition coefficient (Wildman–Crippen LogP) is 3.85. The van der Waals surface area contributed by atoms with Gasteiger partial charge in [0.05, 0.1) is 11.6 Å². The van der Waals surface area contributed by atoms with Crippen LogP contribution in [0.15, 0.2) is 40.8 Å². The molecule has 0 radical (unpaired) electrons. The number of amides is 3. The molecule has 148 valence electrons. The summed E-state index contributed by atoms with van der Waals surface area (Å²) in [5, 5.41) is 0.663. The van der Waals surface area contributed by atoms with Gasteiger partial charge in [-0.1, -0.05) is 23.7 Å². The fraction of sp³-hybridized carbons (Fsp3) is 0.429. The first-order valence-corrected chi connectivity index (χ1v) is 10.00. The zero-order valence-corrected chi connectivity index (χ0v) is 16.9. The van der Waals surface area contributed by atoms with Crippen LogP contribution in [0, 0.1) is 0 Å². The van der Waals surface area contributed by atoms with Crippen molar-refractivity contribution in [3.8, 4) is 11.3 Å². The first kappa shape index (κ1) is 19.0. The molecule has 6 nitrogen and oxygen atoms in total. The molecule has 4 rings (SSSR count). The van der Waals surface area contributed by atoms with Gasteiger partial charge >= 0.3 is 6.03 Å². The number of rotatable bonds is 4. The maximum absolute atomic E-state index is 12.7. The molecule has 0 atom stereocenters. The highest BCUT2D eigenvalue weighted by atomic mass is 35.5. The van der Waals surface area contributed by atoms with E-state index >= 15 is 0 Å². The minimum Gasteiger partial charge on any atom is -0.460 e. The van der Waals surface area contributed by atoms with Gasteiger partial charge in [0.25, 0.3) is 5.91 Å². The molecule has 1 aromatic heterocycles. The van der Waals surface area contributed by atoms with Crippen LogP contribution < -0.4 is 0 Å². The Labute approximate surface area is 169 Å². The number of likely N-dealkylation sites (tertiary alicyclic amines) is 1. The van der Waals surface area contributed by atoms with Crippen molar-refractivity contribution in [2.75, 3.05) is 26.7 Å². The van der Waals surface area contributed by atoms with E-state index in [0.717, 1.165) is 30.2 Å². The zero-order valence-electron chi connectivity index (χ0n) is 16.2. The lowest BCUT2D eigenvalue weighted by Crippen LogP contribution is -2.56. The summed E-state index contributed by atoms with van der Waals surface area (Å²) in [6.45, 7) is 4.63. The second-order valence-electron chi connectivity index (χ2n) is 7.44. The number of furan rings is 1. The van der Waals surface area contributed by atoms with E-state index in [1.165, 1.54) is 4.90 Å². The zero-order chi connectivity index (χ0) is 19.9. The number of nitrogens with zero attached hydrogens (tertiary/aromatic N) is 3. The van der Waals surface area contributed by atoms with E-state index < -0.39 is 5.54 Å². The quantitative estimate of drug-likeness (QED) is 0.730. The van der Waals surface area contributed by atoms with E-state index in [2.05, 4.69) is 4.90 Å². The highest BCUT2D eigenvalue weighted by Gasteiger charge is 2.56. The summed E-state index contributed by atoms with van der Waals surface area (Å²) in [6, 6.07) is 11.3. The van der Waals surface area contributed by atoms with Gasteiger partial charge in [-0.25, -0.2) is 4.79 Å². The predicted molar refractivity (Wildman–Crippen MR) is 107 cm³/mol.